The van der Waals surface area contributed by atoms with Crippen LogP contribution in [0.3, 0.4) is 0 Å². The standard InChI is InChI=1S/C7H7ClN2O2/c1-12-7-6(8)2-5(3-9-7)4-10-11/h2-4,11H,1H3. The van der Waals surface area contributed by atoms with Crippen molar-refractivity contribution in [1.82, 2.24) is 4.98 Å². The van der Waals surface area contributed by atoms with Crippen LogP contribution >= 0.6 is 11.6 Å². The molecule has 0 aromatic carbocycles. The maximum atomic E-state index is 8.20. The van der Waals surface area contributed by atoms with Gasteiger partial charge in [-0.05, 0) is 6.07 Å². The van der Waals surface area contributed by atoms with Crippen LogP contribution in [0.2, 0.25) is 5.02 Å². The van der Waals surface area contributed by atoms with E-state index in [0.717, 1.165) is 0 Å². The van der Waals surface area contributed by atoms with Crippen molar-refractivity contribution in [2.24, 2.45) is 5.16 Å². The first kappa shape index (κ1) is 8.80. The van der Waals surface area contributed by atoms with Crippen LogP contribution < -0.4 is 4.74 Å². The Hall–Kier alpha value is -1.29. The smallest absolute Gasteiger partial charge is 0.232 e. The van der Waals surface area contributed by atoms with E-state index >= 15 is 0 Å². The number of pyridine rings is 1. The number of nitrogens with zero attached hydrogens (tertiary/aromatic N) is 2. The molecule has 0 bridgehead atoms. The summed E-state index contributed by atoms with van der Waals surface area (Å²) in [5, 5.41) is 11.4. The van der Waals surface area contributed by atoms with Crippen molar-refractivity contribution < 1.29 is 9.94 Å². The molecule has 0 aliphatic rings. The molecule has 64 valence electrons. The molecular weight excluding hydrogens is 180 g/mol. The minimum Gasteiger partial charge on any atom is -0.480 e. The fraction of sp³-hybridized carbons (Fsp3) is 0.143. The molecule has 0 saturated heterocycles. The molecule has 1 aromatic rings. The van der Waals surface area contributed by atoms with Crippen molar-refractivity contribution in [3.8, 4) is 5.88 Å². The highest BCUT2D eigenvalue weighted by atomic mass is 35.5. The number of aromatic nitrogens is 1. The number of hydrogen-bond acceptors (Lipinski definition) is 4. The number of ether oxygens (including phenoxy) is 1. The average molecular weight is 187 g/mol. The molecule has 0 saturated carbocycles. The molecule has 4 nitrogen and oxygen atoms in total. The maximum Gasteiger partial charge on any atom is 0.232 e. The van der Waals surface area contributed by atoms with Gasteiger partial charge in [-0.25, -0.2) is 4.98 Å². The van der Waals surface area contributed by atoms with Crippen molar-refractivity contribution in [3.05, 3.63) is 22.8 Å². The third-order valence-corrected chi connectivity index (χ3v) is 1.50. The Morgan fingerprint density at radius 3 is 3.00 bits per heavy atom. The fourth-order valence-electron chi connectivity index (χ4n) is 0.728. The van der Waals surface area contributed by atoms with Gasteiger partial charge in [0.15, 0.2) is 0 Å². The molecule has 0 aliphatic carbocycles. The Labute approximate surface area is 74.4 Å². The third kappa shape index (κ3) is 1.85. The molecule has 0 unspecified atom stereocenters. The second-order valence-corrected chi connectivity index (χ2v) is 2.41. The normalized spacial score (nSPS) is 10.5. The molecule has 1 aromatic heterocycles. The van der Waals surface area contributed by atoms with Crippen LogP contribution in [0, 0.1) is 0 Å². The average Bonchev–Trinajstić information content (AvgIpc) is 2.05. The summed E-state index contributed by atoms with van der Waals surface area (Å²) in [7, 11) is 1.48. The van der Waals surface area contributed by atoms with E-state index in [0.29, 0.717) is 16.5 Å². The topological polar surface area (TPSA) is 54.7 Å². The molecule has 1 rings (SSSR count). The van der Waals surface area contributed by atoms with Gasteiger partial charge in [-0.3, -0.25) is 0 Å². The first-order valence-corrected chi connectivity index (χ1v) is 3.52. The van der Waals surface area contributed by atoms with E-state index in [-0.39, 0.29) is 0 Å². The number of methoxy groups -OCH3 is 1. The molecule has 0 aliphatic heterocycles. The highest BCUT2D eigenvalue weighted by Crippen LogP contribution is 2.20. The van der Waals surface area contributed by atoms with Crippen LogP contribution in [0.1, 0.15) is 5.56 Å². The lowest BCUT2D eigenvalue weighted by Crippen LogP contribution is -1.90. The minimum atomic E-state index is 0.353. The Morgan fingerprint density at radius 2 is 2.50 bits per heavy atom. The fourth-order valence-corrected chi connectivity index (χ4v) is 0.980. The van der Waals surface area contributed by atoms with Crippen LogP contribution in [-0.2, 0) is 0 Å². The predicted octanol–water partition coefficient (Wildman–Crippen LogP) is 1.55. The van der Waals surface area contributed by atoms with Crippen LogP contribution in [-0.4, -0.2) is 23.5 Å². The van der Waals surface area contributed by atoms with Gasteiger partial charge in [0.25, 0.3) is 0 Å². The molecule has 1 N–H and O–H groups in total. The summed E-state index contributed by atoms with van der Waals surface area (Å²) < 4.78 is 4.83. The van der Waals surface area contributed by atoms with E-state index in [1.807, 2.05) is 0 Å². The summed E-state index contributed by atoms with van der Waals surface area (Å²) in [6, 6.07) is 1.59. The van der Waals surface area contributed by atoms with Crippen molar-refractivity contribution in [2.45, 2.75) is 0 Å². The monoisotopic (exact) mass is 186 g/mol. The van der Waals surface area contributed by atoms with E-state index in [4.69, 9.17) is 21.5 Å². The first-order chi connectivity index (χ1) is 5.77. The number of hydrogen-bond donors (Lipinski definition) is 1. The summed E-state index contributed by atoms with van der Waals surface area (Å²) in [5.74, 6) is 0.353. The molecule has 5 heteroatoms. The van der Waals surface area contributed by atoms with E-state index in [9.17, 15) is 0 Å². The zero-order chi connectivity index (χ0) is 8.97. The van der Waals surface area contributed by atoms with Crippen LogP contribution in [0.5, 0.6) is 5.88 Å². The molecule has 0 radical (unpaired) electrons. The summed E-state index contributed by atoms with van der Waals surface area (Å²) >= 11 is 5.73. The van der Waals surface area contributed by atoms with Crippen LogP contribution in [0.4, 0.5) is 0 Å². The van der Waals surface area contributed by atoms with Gasteiger partial charge >= 0.3 is 0 Å². The van der Waals surface area contributed by atoms with Crippen molar-refractivity contribution in [2.75, 3.05) is 7.11 Å². The van der Waals surface area contributed by atoms with Crippen LogP contribution in [0.25, 0.3) is 0 Å². The molecule has 12 heavy (non-hydrogen) atoms. The van der Waals surface area contributed by atoms with E-state index in [1.54, 1.807) is 6.07 Å². The van der Waals surface area contributed by atoms with Crippen molar-refractivity contribution >= 4 is 17.8 Å². The minimum absolute atomic E-state index is 0.353. The SMILES string of the molecule is COc1ncc(C=NO)cc1Cl. The van der Waals surface area contributed by atoms with Crippen molar-refractivity contribution in [3.63, 3.8) is 0 Å². The molecular formula is C7H7ClN2O2. The molecule has 0 spiro atoms. The van der Waals surface area contributed by atoms with Gasteiger partial charge in [0.1, 0.15) is 5.02 Å². The van der Waals surface area contributed by atoms with E-state index in [1.165, 1.54) is 19.5 Å². The molecule has 1 heterocycles. The molecule has 0 atom stereocenters. The van der Waals surface area contributed by atoms with Gasteiger partial charge < -0.3 is 9.94 Å². The third-order valence-electron chi connectivity index (χ3n) is 1.23. The Morgan fingerprint density at radius 1 is 1.75 bits per heavy atom. The Kier molecular flexibility index (Phi) is 2.88. The molecule has 0 amide bonds. The predicted molar refractivity (Wildman–Crippen MR) is 45.2 cm³/mol. The lowest BCUT2D eigenvalue weighted by molar-refractivity contribution is 0.322. The second-order valence-electron chi connectivity index (χ2n) is 2.00. The Balaban J connectivity index is 3.01. The zero-order valence-corrected chi connectivity index (χ0v) is 7.12. The summed E-state index contributed by atoms with van der Waals surface area (Å²) in [4.78, 5) is 3.86. The van der Waals surface area contributed by atoms with E-state index in [2.05, 4.69) is 10.1 Å². The van der Waals surface area contributed by atoms with Gasteiger partial charge in [-0.1, -0.05) is 16.8 Å². The zero-order valence-electron chi connectivity index (χ0n) is 6.36. The largest absolute Gasteiger partial charge is 0.480 e. The first-order valence-electron chi connectivity index (χ1n) is 3.15. The summed E-state index contributed by atoms with van der Waals surface area (Å²) in [5.41, 5.74) is 0.614. The number of oxime groups is 1. The van der Waals surface area contributed by atoms with Crippen molar-refractivity contribution in [1.29, 1.82) is 0 Å². The second kappa shape index (κ2) is 3.92. The lowest BCUT2D eigenvalue weighted by Gasteiger charge is -2.00. The summed E-state index contributed by atoms with van der Waals surface area (Å²) in [6.45, 7) is 0. The van der Waals surface area contributed by atoms with E-state index < -0.39 is 0 Å². The van der Waals surface area contributed by atoms with Gasteiger partial charge in [0.2, 0.25) is 5.88 Å². The summed E-state index contributed by atoms with van der Waals surface area (Å²) in [6.07, 6.45) is 2.72. The number of halogens is 1. The van der Waals surface area contributed by atoms with Crippen LogP contribution in [0.15, 0.2) is 17.4 Å². The van der Waals surface area contributed by atoms with Gasteiger partial charge in [-0.15, -0.1) is 0 Å². The molecule has 0 fully saturated rings. The Bertz CT molecular complexity index is 301. The maximum absolute atomic E-state index is 8.20. The highest BCUT2D eigenvalue weighted by Gasteiger charge is 2.01. The van der Waals surface area contributed by atoms with Gasteiger partial charge in [-0.2, -0.15) is 0 Å². The lowest BCUT2D eigenvalue weighted by atomic mass is 10.3. The highest BCUT2D eigenvalue weighted by molar-refractivity contribution is 6.32. The number of rotatable bonds is 2. The quantitative estimate of drug-likeness (QED) is 0.433. The van der Waals surface area contributed by atoms with Gasteiger partial charge in [0.05, 0.1) is 13.3 Å². The van der Waals surface area contributed by atoms with Gasteiger partial charge in [0, 0.05) is 11.8 Å².